The van der Waals surface area contributed by atoms with Crippen molar-refractivity contribution in [3.05, 3.63) is 29.3 Å². The molecule has 0 spiro atoms. The molecule has 0 bridgehead atoms. The molecule has 0 saturated heterocycles. The Labute approximate surface area is 110 Å². The van der Waals surface area contributed by atoms with E-state index < -0.39 is 17.5 Å². The molecule has 1 aromatic carbocycles. The van der Waals surface area contributed by atoms with Crippen molar-refractivity contribution in [1.29, 1.82) is 0 Å². The molecule has 2 nitrogen and oxygen atoms in total. The Kier molecular flexibility index (Phi) is 3.76. The third-order valence-corrected chi connectivity index (χ3v) is 4.12. The first-order chi connectivity index (χ1) is 8.89. The normalized spacial score (nSPS) is 19.4. The number of benzene rings is 1. The van der Waals surface area contributed by atoms with Gasteiger partial charge < -0.3 is 10.8 Å². The monoisotopic (exact) mass is 273 g/mol. The van der Waals surface area contributed by atoms with Gasteiger partial charge in [0.05, 0.1) is 5.56 Å². The lowest BCUT2D eigenvalue weighted by Gasteiger charge is -2.37. The summed E-state index contributed by atoms with van der Waals surface area (Å²) >= 11 is 0. The van der Waals surface area contributed by atoms with Crippen LogP contribution in [-0.4, -0.2) is 11.7 Å². The predicted molar refractivity (Wildman–Crippen MR) is 66.9 cm³/mol. The molecule has 0 unspecified atom stereocenters. The number of aromatic hydroxyl groups is 1. The van der Waals surface area contributed by atoms with Crippen LogP contribution in [0.2, 0.25) is 0 Å². The third-order valence-electron chi connectivity index (χ3n) is 4.12. The van der Waals surface area contributed by atoms with Gasteiger partial charge in [0.25, 0.3) is 0 Å². The Morgan fingerprint density at radius 1 is 1.16 bits per heavy atom. The van der Waals surface area contributed by atoms with E-state index in [2.05, 4.69) is 0 Å². The third kappa shape index (κ3) is 2.71. The zero-order valence-corrected chi connectivity index (χ0v) is 10.6. The summed E-state index contributed by atoms with van der Waals surface area (Å²) in [5.41, 5.74) is 5.08. The molecule has 3 N–H and O–H groups in total. The number of nitrogens with two attached hydrogens (primary N) is 1. The molecule has 1 aliphatic carbocycles. The summed E-state index contributed by atoms with van der Waals surface area (Å²) in [7, 11) is 0. The van der Waals surface area contributed by atoms with Crippen LogP contribution in [0.4, 0.5) is 13.2 Å². The molecule has 0 amide bonds. The molecule has 5 heteroatoms. The van der Waals surface area contributed by atoms with Crippen molar-refractivity contribution in [2.24, 2.45) is 5.73 Å². The molecule has 0 aliphatic heterocycles. The van der Waals surface area contributed by atoms with Crippen LogP contribution in [0.5, 0.6) is 5.75 Å². The maximum Gasteiger partial charge on any atom is 0.419 e. The van der Waals surface area contributed by atoms with Crippen LogP contribution in [0.3, 0.4) is 0 Å². The summed E-state index contributed by atoms with van der Waals surface area (Å²) in [6, 6.07) is 3.76. The number of hydrogen-bond acceptors (Lipinski definition) is 2. The highest BCUT2D eigenvalue weighted by molar-refractivity contribution is 5.41. The first kappa shape index (κ1) is 14.2. The number of phenolic OH excluding ortho intramolecular Hbond substituents is 1. The van der Waals surface area contributed by atoms with Gasteiger partial charge in [0.2, 0.25) is 0 Å². The van der Waals surface area contributed by atoms with Crippen molar-refractivity contribution in [1.82, 2.24) is 0 Å². The number of halogens is 3. The number of hydrogen-bond donors (Lipinski definition) is 2. The second-order valence-corrected chi connectivity index (χ2v) is 5.27. The fourth-order valence-corrected chi connectivity index (χ4v) is 2.93. The second kappa shape index (κ2) is 5.04. The summed E-state index contributed by atoms with van der Waals surface area (Å²) in [4.78, 5) is 0. The molecule has 19 heavy (non-hydrogen) atoms. The molecule has 106 valence electrons. The largest absolute Gasteiger partial charge is 0.507 e. The Bertz CT molecular complexity index is 450. The SMILES string of the molecule is NCC1(c2ccc(O)c(C(F)(F)F)c2)CCCCC1. The highest BCUT2D eigenvalue weighted by atomic mass is 19.4. The van der Waals surface area contributed by atoms with Gasteiger partial charge in [-0.15, -0.1) is 0 Å². The van der Waals surface area contributed by atoms with Crippen molar-refractivity contribution in [2.75, 3.05) is 6.54 Å². The topological polar surface area (TPSA) is 46.2 Å². The summed E-state index contributed by atoms with van der Waals surface area (Å²) in [5, 5.41) is 9.37. The van der Waals surface area contributed by atoms with Gasteiger partial charge in [-0.25, -0.2) is 0 Å². The van der Waals surface area contributed by atoms with Gasteiger partial charge in [-0.1, -0.05) is 25.3 Å². The first-order valence-corrected chi connectivity index (χ1v) is 6.50. The van der Waals surface area contributed by atoms with E-state index in [1.807, 2.05) is 0 Å². The Hall–Kier alpha value is -1.23. The maximum absolute atomic E-state index is 12.8. The minimum Gasteiger partial charge on any atom is -0.507 e. The lowest BCUT2D eigenvalue weighted by molar-refractivity contribution is -0.138. The Balaban J connectivity index is 2.44. The van der Waals surface area contributed by atoms with Crippen molar-refractivity contribution in [2.45, 2.75) is 43.7 Å². The van der Waals surface area contributed by atoms with Crippen LogP contribution >= 0.6 is 0 Å². The second-order valence-electron chi connectivity index (χ2n) is 5.27. The van der Waals surface area contributed by atoms with Crippen LogP contribution in [-0.2, 0) is 11.6 Å². The smallest absolute Gasteiger partial charge is 0.419 e. The van der Waals surface area contributed by atoms with Crippen LogP contribution in [0.1, 0.15) is 43.2 Å². The van der Waals surface area contributed by atoms with E-state index in [1.165, 1.54) is 0 Å². The summed E-state index contributed by atoms with van der Waals surface area (Å²) in [6.45, 7) is 0.342. The zero-order valence-electron chi connectivity index (χ0n) is 10.6. The molecule has 0 atom stereocenters. The fourth-order valence-electron chi connectivity index (χ4n) is 2.93. The highest BCUT2D eigenvalue weighted by Crippen LogP contribution is 2.43. The van der Waals surface area contributed by atoms with Gasteiger partial charge >= 0.3 is 6.18 Å². The fraction of sp³-hybridized carbons (Fsp3) is 0.571. The van der Waals surface area contributed by atoms with E-state index in [1.54, 1.807) is 6.07 Å². The van der Waals surface area contributed by atoms with E-state index in [0.29, 0.717) is 12.1 Å². The minimum atomic E-state index is -4.54. The van der Waals surface area contributed by atoms with E-state index in [-0.39, 0.29) is 5.41 Å². The predicted octanol–water partition coefficient (Wildman–Crippen LogP) is 3.57. The highest BCUT2D eigenvalue weighted by Gasteiger charge is 2.38. The van der Waals surface area contributed by atoms with Crippen molar-refractivity contribution in [3.8, 4) is 5.75 Å². The molecule has 0 heterocycles. The number of rotatable bonds is 2. The summed E-state index contributed by atoms with van der Waals surface area (Å²) in [5.74, 6) is -0.723. The number of alkyl halides is 3. The first-order valence-electron chi connectivity index (χ1n) is 6.50. The average Bonchev–Trinajstić information content (AvgIpc) is 2.38. The molecule has 2 rings (SSSR count). The zero-order chi connectivity index (χ0) is 14.1. The molecular weight excluding hydrogens is 255 g/mol. The summed E-state index contributed by atoms with van der Waals surface area (Å²) < 4.78 is 38.5. The summed E-state index contributed by atoms with van der Waals surface area (Å²) in [6.07, 6.45) is 0.159. The van der Waals surface area contributed by atoms with Crippen LogP contribution in [0, 0.1) is 0 Å². The number of phenols is 1. The van der Waals surface area contributed by atoms with E-state index >= 15 is 0 Å². The van der Waals surface area contributed by atoms with Gasteiger partial charge in [-0.3, -0.25) is 0 Å². The molecule has 1 fully saturated rings. The Morgan fingerprint density at radius 3 is 2.32 bits per heavy atom. The molecule has 0 aromatic heterocycles. The molecule has 1 aliphatic rings. The van der Waals surface area contributed by atoms with Crippen molar-refractivity contribution < 1.29 is 18.3 Å². The molecule has 0 radical (unpaired) electrons. The molecular formula is C14H18F3NO. The van der Waals surface area contributed by atoms with Crippen molar-refractivity contribution in [3.63, 3.8) is 0 Å². The Morgan fingerprint density at radius 2 is 1.79 bits per heavy atom. The van der Waals surface area contributed by atoms with Gasteiger partial charge in [-0.2, -0.15) is 13.2 Å². The minimum absolute atomic E-state index is 0.342. The van der Waals surface area contributed by atoms with E-state index in [0.717, 1.165) is 44.2 Å². The van der Waals surface area contributed by atoms with Crippen LogP contribution in [0.25, 0.3) is 0 Å². The van der Waals surface area contributed by atoms with E-state index in [4.69, 9.17) is 5.73 Å². The molecule has 1 saturated carbocycles. The van der Waals surface area contributed by atoms with Crippen LogP contribution in [0.15, 0.2) is 18.2 Å². The quantitative estimate of drug-likeness (QED) is 0.865. The van der Waals surface area contributed by atoms with Crippen molar-refractivity contribution >= 4 is 0 Å². The van der Waals surface area contributed by atoms with Crippen LogP contribution < -0.4 is 5.73 Å². The van der Waals surface area contributed by atoms with Gasteiger partial charge in [0, 0.05) is 12.0 Å². The molecule has 1 aromatic rings. The van der Waals surface area contributed by atoms with Gasteiger partial charge in [0.15, 0.2) is 0 Å². The maximum atomic E-state index is 12.8. The van der Waals surface area contributed by atoms with Gasteiger partial charge in [-0.05, 0) is 30.5 Å². The lowest BCUT2D eigenvalue weighted by atomic mass is 9.69. The average molecular weight is 273 g/mol. The standard InChI is InChI=1S/C14H18F3NO/c15-14(16,17)11-8-10(4-5-12(11)19)13(9-18)6-2-1-3-7-13/h4-5,8,19H,1-3,6-7,9,18H2. The van der Waals surface area contributed by atoms with Gasteiger partial charge in [0.1, 0.15) is 5.75 Å². The lowest BCUT2D eigenvalue weighted by Crippen LogP contribution is -2.37. The van der Waals surface area contributed by atoms with E-state index in [9.17, 15) is 18.3 Å².